The summed E-state index contributed by atoms with van der Waals surface area (Å²) in [4.78, 5) is 4.33. The van der Waals surface area contributed by atoms with Gasteiger partial charge in [0.25, 0.3) is 0 Å². The predicted molar refractivity (Wildman–Crippen MR) is 101 cm³/mol. The van der Waals surface area contributed by atoms with Crippen LogP contribution in [0.15, 0.2) is 54.6 Å². The van der Waals surface area contributed by atoms with Crippen LogP contribution in [0.5, 0.6) is 0 Å². The van der Waals surface area contributed by atoms with Gasteiger partial charge in [-0.15, -0.1) is 0 Å². The van der Waals surface area contributed by atoms with Crippen molar-refractivity contribution in [3.8, 4) is 0 Å². The molecule has 2 aromatic carbocycles. The number of benzene rings is 2. The van der Waals surface area contributed by atoms with Gasteiger partial charge in [-0.25, -0.2) is 13.8 Å². The van der Waals surface area contributed by atoms with Crippen LogP contribution in [0, 0.1) is 18.6 Å². The SMILES string of the molecule is Cc1cc(N)nc(CCc2cc(F)cc(CCc3ccc(F)cc3)c2)c1. The molecule has 26 heavy (non-hydrogen) atoms. The van der Waals surface area contributed by atoms with Crippen LogP contribution in [-0.2, 0) is 25.7 Å². The topological polar surface area (TPSA) is 38.9 Å². The zero-order valence-electron chi connectivity index (χ0n) is 14.8. The molecule has 4 heteroatoms. The Morgan fingerprint density at radius 1 is 0.731 bits per heavy atom. The zero-order chi connectivity index (χ0) is 18.5. The van der Waals surface area contributed by atoms with E-state index in [1.807, 2.05) is 25.1 Å². The van der Waals surface area contributed by atoms with Crippen molar-refractivity contribution < 1.29 is 8.78 Å². The van der Waals surface area contributed by atoms with E-state index in [2.05, 4.69) is 4.98 Å². The van der Waals surface area contributed by atoms with Gasteiger partial charge in [0, 0.05) is 5.69 Å². The summed E-state index contributed by atoms with van der Waals surface area (Å²) in [5, 5.41) is 0. The molecule has 0 aliphatic rings. The fraction of sp³-hybridized carbons (Fsp3) is 0.227. The zero-order valence-corrected chi connectivity index (χ0v) is 14.8. The molecule has 0 unspecified atom stereocenters. The van der Waals surface area contributed by atoms with Crippen molar-refractivity contribution in [1.29, 1.82) is 0 Å². The summed E-state index contributed by atoms with van der Waals surface area (Å²) in [7, 11) is 0. The maximum Gasteiger partial charge on any atom is 0.123 e. The van der Waals surface area contributed by atoms with Gasteiger partial charge >= 0.3 is 0 Å². The Kier molecular flexibility index (Phi) is 5.61. The first-order valence-electron chi connectivity index (χ1n) is 8.74. The summed E-state index contributed by atoms with van der Waals surface area (Å²) in [6.45, 7) is 1.98. The summed E-state index contributed by atoms with van der Waals surface area (Å²) in [6.07, 6.45) is 2.88. The van der Waals surface area contributed by atoms with Gasteiger partial charge < -0.3 is 5.73 Å². The van der Waals surface area contributed by atoms with E-state index in [0.717, 1.165) is 34.4 Å². The quantitative estimate of drug-likeness (QED) is 0.691. The molecule has 0 bridgehead atoms. The monoisotopic (exact) mass is 352 g/mol. The molecule has 1 aromatic heterocycles. The number of rotatable bonds is 6. The molecule has 2 N–H and O–H groups in total. The van der Waals surface area contributed by atoms with E-state index in [1.54, 1.807) is 24.3 Å². The highest BCUT2D eigenvalue weighted by Crippen LogP contribution is 2.16. The summed E-state index contributed by atoms with van der Waals surface area (Å²) < 4.78 is 26.9. The Labute approximate surface area is 152 Å². The van der Waals surface area contributed by atoms with Crippen LogP contribution in [0.4, 0.5) is 14.6 Å². The molecule has 134 valence electrons. The minimum absolute atomic E-state index is 0.228. The van der Waals surface area contributed by atoms with E-state index in [9.17, 15) is 8.78 Å². The van der Waals surface area contributed by atoms with Crippen molar-refractivity contribution >= 4 is 5.82 Å². The number of halogens is 2. The van der Waals surface area contributed by atoms with Gasteiger partial charge in [0.1, 0.15) is 17.5 Å². The Bertz CT molecular complexity index is 869. The largest absolute Gasteiger partial charge is 0.384 e. The van der Waals surface area contributed by atoms with Crippen LogP contribution in [-0.4, -0.2) is 4.98 Å². The second-order valence-corrected chi connectivity index (χ2v) is 6.65. The molecule has 0 radical (unpaired) electrons. The van der Waals surface area contributed by atoms with Crippen molar-refractivity contribution in [2.24, 2.45) is 0 Å². The predicted octanol–water partition coefficient (Wildman–Crippen LogP) is 4.82. The number of hydrogen-bond acceptors (Lipinski definition) is 2. The van der Waals surface area contributed by atoms with Crippen LogP contribution in [0.1, 0.15) is 27.9 Å². The Morgan fingerprint density at radius 3 is 2.00 bits per heavy atom. The number of aromatic nitrogens is 1. The number of nitrogens with two attached hydrogens (primary N) is 1. The van der Waals surface area contributed by atoms with Crippen LogP contribution < -0.4 is 5.73 Å². The van der Waals surface area contributed by atoms with Gasteiger partial charge in [0.2, 0.25) is 0 Å². The molecule has 2 nitrogen and oxygen atoms in total. The number of aryl methyl sites for hydroxylation is 5. The number of nitrogen functional groups attached to an aromatic ring is 1. The third-order valence-electron chi connectivity index (χ3n) is 4.35. The molecule has 0 spiro atoms. The van der Waals surface area contributed by atoms with E-state index in [0.29, 0.717) is 25.1 Å². The molecular formula is C22H22F2N2. The first kappa shape index (κ1) is 18.1. The molecule has 0 saturated carbocycles. The lowest BCUT2D eigenvalue weighted by Gasteiger charge is -2.08. The van der Waals surface area contributed by atoms with Gasteiger partial charge in [0.15, 0.2) is 0 Å². The lowest BCUT2D eigenvalue weighted by atomic mass is 10.00. The summed E-state index contributed by atoms with van der Waals surface area (Å²) >= 11 is 0. The molecule has 0 saturated heterocycles. The third kappa shape index (κ3) is 5.12. The smallest absolute Gasteiger partial charge is 0.123 e. The van der Waals surface area contributed by atoms with Crippen molar-refractivity contribution in [3.63, 3.8) is 0 Å². The summed E-state index contributed by atoms with van der Waals surface area (Å²) in [5.74, 6) is 0.0414. The number of pyridine rings is 1. The molecule has 0 fully saturated rings. The minimum Gasteiger partial charge on any atom is -0.384 e. The van der Waals surface area contributed by atoms with Crippen molar-refractivity contribution in [3.05, 3.63) is 94.2 Å². The van der Waals surface area contributed by atoms with Crippen LogP contribution in [0.3, 0.4) is 0 Å². The highest BCUT2D eigenvalue weighted by Gasteiger charge is 2.05. The average molecular weight is 352 g/mol. The fourth-order valence-corrected chi connectivity index (χ4v) is 3.11. The first-order chi connectivity index (χ1) is 12.5. The van der Waals surface area contributed by atoms with E-state index >= 15 is 0 Å². The van der Waals surface area contributed by atoms with Crippen molar-refractivity contribution in [2.75, 3.05) is 5.73 Å². The fourth-order valence-electron chi connectivity index (χ4n) is 3.11. The Balaban J connectivity index is 1.65. The average Bonchev–Trinajstić information content (AvgIpc) is 2.58. The normalized spacial score (nSPS) is 10.9. The van der Waals surface area contributed by atoms with Gasteiger partial charge in [-0.1, -0.05) is 18.2 Å². The van der Waals surface area contributed by atoms with Gasteiger partial charge in [-0.3, -0.25) is 0 Å². The lowest BCUT2D eigenvalue weighted by Crippen LogP contribution is -2.00. The molecule has 0 amide bonds. The summed E-state index contributed by atoms with van der Waals surface area (Å²) in [5.41, 5.74) is 10.7. The van der Waals surface area contributed by atoms with Crippen molar-refractivity contribution in [1.82, 2.24) is 4.98 Å². The number of anilines is 1. The molecule has 0 atom stereocenters. The van der Waals surface area contributed by atoms with Crippen LogP contribution in [0.2, 0.25) is 0 Å². The molecule has 0 aliphatic carbocycles. The highest BCUT2D eigenvalue weighted by atomic mass is 19.1. The highest BCUT2D eigenvalue weighted by molar-refractivity contribution is 5.35. The molecule has 3 rings (SSSR count). The van der Waals surface area contributed by atoms with E-state index in [1.165, 1.54) is 12.1 Å². The Hall–Kier alpha value is -2.75. The molecular weight excluding hydrogens is 330 g/mol. The van der Waals surface area contributed by atoms with Gasteiger partial charge in [-0.2, -0.15) is 0 Å². The number of nitrogens with zero attached hydrogens (tertiary/aromatic N) is 1. The maximum absolute atomic E-state index is 14.0. The molecule has 1 heterocycles. The number of hydrogen-bond donors (Lipinski definition) is 1. The van der Waals surface area contributed by atoms with E-state index < -0.39 is 0 Å². The first-order valence-corrected chi connectivity index (χ1v) is 8.74. The minimum atomic E-state index is -0.243. The second-order valence-electron chi connectivity index (χ2n) is 6.65. The van der Waals surface area contributed by atoms with Gasteiger partial charge in [0.05, 0.1) is 0 Å². The molecule has 0 aliphatic heterocycles. The van der Waals surface area contributed by atoms with E-state index in [-0.39, 0.29) is 11.6 Å². The third-order valence-corrected chi connectivity index (χ3v) is 4.35. The second kappa shape index (κ2) is 8.09. The van der Waals surface area contributed by atoms with Crippen LogP contribution >= 0.6 is 0 Å². The Morgan fingerprint density at radius 2 is 1.35 bits per heavy atom. The van der Waals surface area contributed by atoms with E-state index in [4.69, 9.17) is 5.73 Å². The molecule has 3 aromatic rings. The van der Waals surface area contributed by atoms with Gasteiger partial charge in [-0.05, 0) is 91.3 Å². The lowest BCUT2D eigenvalue weighted by molar-refractivity contribution is 0.622. The summed E-state index contributed by atoms with van der Waals surface area (Å²) in [6, 6.07) is 15.4. The standard InChI is InChI=1S/C22H22F2N2/c1-15-10-21(26-22(25)11-15)9-6-18-12-17(13-20(24)14-18)3-2-16-4-7-19(23)8-5-16/h4-5,7-8,10-14H,2-3,6,9H2,1H3,(H2,25,26). The maximum atomic E-state index is 14.0. The van der Waals surface area contributed by atoms with Crippen LogP contribution in [0.25, 0.3) is 0 Å². The van der Waals surface area contributed by atoms with Crippen molar-refractivity contribution in [2.45, 2.75) is 32.6 Å².